The first kappa shape index (κ1) is 10.6. The third-order valence-electron chi connectivity index (χ3n) is 2.66. The lowest BCUT2D eigenvalue weighted by Gasteiger charge is -2.05. The first-order chi connectivity index (χ1) is 7.25. The van der Waals surface area contributed by atoms with Crippen molar-refractivity contribution in [2.24, 2.45) is 0 Å². The van der Waals surface area contributed by atoms with E-state index in [4.69, 9.17) is 0 Å². The molecule has 2 aromatic carbocycles. The molecule has 0 aliphatic carbocycles. The molecule has 1 heteroatoms. The summed E-state index contributed by atoms with van der Waals surface area (Å²) in [6, 6.07) is 15.2. The number of rotatable bonds is 3. The van der Waals surface area contributed by atoms with E-state index < -0.39 is 0 Å². The standard InChI is InChI=1S/C14H16S/c1-11(15)6-7-12-8-9-13-4-2-3-5-14(13)10-12/h2-5,8-11,15H,6-7H2,1H3. The molecule has 1 unspecified atom stereocenters. The molecule has 2 rings (SSSR count). The summed E-state index contributed by atoms with van der Waals surface area (Å²) in [4.78, 5) is 0. The molecule has 0 spiro atoms. The van der Waals surface area contributed by atoms with Gasteiger partial charge in [0.25, 0.3) is 0 Å². The maximum absolute atomic E-state index is 4.40. The predicted octanol–water partition coefficient (Wildman–Crippen LogP) is 4.09. The van der Waals surface area contributed by atoms with E-state index in [0.29, 0.717) is 5.25 Å². The highest BCUT2D eigenvalue weighted by Crippen LogP contribution is 2.17. The third kappa shape index (κ3) is 2.75. The Kier molecular flexibility index (Phi) is 3.32. The van der Waals surface area contributed by atoms with Crippen molar-refractivity contribution in [1.29, 1.82) is 0 Å². The maximum atomic E-state index is 4.40. The average Bonchev–Trinajstić information content (AvgIpc) is 2.26. The number of hydrogen-bond acceptors (Lipinski definition) is 1. The molecular weight excluding hydrogens is 200 g/mol. The minimum absolute atomic E-state index is 0.483. The van der Waals surface area contributed by atoms with Crippen molar-refractivity contribution in [3.05, 3.63) is 48.0 Å². The van der Waals surface area contributed by atoms with E-state index in [2.05, 4.69) is 62.0 Å². The first-order valence-corrected chi connectivity index (χ1v) is 5.93. The van der Waals surface area contributed by atoms with Crippen molar-refractivity contribution in [3.63, 3.8) is 0 Å². The van der Waals surface area contributed by atoms with Crippen molar-refractivity contribution in [1.82, 2.24) is 0 Å². The van der Waals surface area contributed by atoms with E-state index in [1.165, 1.54) is 16.3 Å². The molecule has 78 valence electrons. The number of aryl methyl sites for hydroxylation is 1. The Morgan fingerprint density at radius 2 is 1.80 bits per heavy atom. The van der Waals surface area contributed by atoms with E-state index >= 15 is 0 Å². The summed E-state index contributed by atoms with van der Waals surface area (Å²) in [5.74, 6) is 0. The average molecular weight is 216 g/mol. The summed E-state index contributed by atoms with van der Waals surface area (Å²) in [6.45, 7) is 2.14. The van der Waals surface area contributed by atoms with Gasteiger partial charge in [-0.15, -0.1) is 0 Å². The molecular formula is C14H16S. The second-order valence-corrected chi connectivity index (χ2v) is 4.95. The van der Waals surface area contributed by atoms with Gasteiger partial charge in [0, 0.05) is 0 Å². The fourth-order valence-electron chi connectivity index (χ4n) is 1.77. The van der Waals surface area contributed by atoms with Crippen LogP contribution in [0.15, 0.2) is 42.5 Å². The van der Waals surface area contributed by atoms with E-state index in [9.17, 15) is 0 Å². The highest BCUT2D eigenvalue weighted by atomic mass is 32.1. The lowest BCUT2D eigenvalue weighted by atomic mass is 10.0. The molecule has 0 nitrogen and oxygen atoms in total. The molecule has 0 aliphatic heterocycles. The molecule has 0 heterocycles. The van der Waals surface area contributed by atoms with Gasteiger partial charge in [-0.3, -0.25) is 0 Å². The van der Waals surface area contributed by atoms with Gasteiger partial charge in [-0.2, -0.15) is 12.6 Å². The molecule has 1 atom stereocenters. The molecule has 0 N–H and O–H groups in total. The Morgan fingerprint density at radius 3 is 2.53 bits per heavy atom. The zero-order valence-electron chi connectivity index (χ0n) is 8.98. The normalized spacial score (nSPS) is 12.9. The molecule has 2 aromatic rings. The van der Waals surface area contributed by atoms with Crippen LogP contribution in [0.5, 0.6) is 0 Å². The fourth-order valence-corrected chi connectivity index (χ4v) is 1.90. The molecule has 0 radical (unpaired) electrons. The molecule has 0 saturated carbocycles. The summed E-state index contributed by atoms with van der Waals surface area (Å²) < 4.78 is 0. The Hall–Kier alpha value is -0.950. The highest BCUT2D eigenvalue weighted by molar-refractivity contribution is 7.80. The van der Waals surface area contributed by atoms with Crippen LogP contribution in [-0.4, -0.2) is 5.25 Å². The van der Waals surface area contributed by atoms with Gasteiger partial charge in [-0.05, 0) is 34.4 Å². The van der Waals surface area contributed by atoms with Gasteiger partial charge in [0.1, 0.15) is 0 Å². The minimum atomic E-state index is 0.483. The lowest BCUT2D eigenvalue weighted by molar-refractivity contribution is 0.817. The number of benzene rings is 2. The Bertz CT molecular complexity index is 446. The topological polar surface area (TPSA) is 0 Å². The van der Waals surface area contributed by atoms with Crippen molar-refractivity contribution in [2.75, 3.05) is 0 Å². The molecule has 0 bridgehead atoms. The van der Waals surface area contributed by atoms with Crippen LogP contribution in [0.2, 0.25) is 0 Å². The summed E-state index contributed by atoms with van der Waals surface area (Å²) in [5, 5.41) is 3.14. The van der Waals surface area contributed by atoms with Gasteiger partial charge in [0.2, 0.25) is 0 Å². The zero-order chi connectivity index (χ0) is 10.7. The smallest absolute Gasteiger partial charge is 0.000843 e. The highest BCUT2D eigenvalue weighted by Gasteiger charge is 1.98. The van der Waals surface area contributed by atoms with Gasteiger partial charge in [-0.25, -0.2) is 0 Å². The second kappa shape index (κ2) is 4.71. The minimum Gasteiger partial charge on any atom is -0.176 e. The molecule has 0 aromatic heterocycles. The van der Waals surface area contributed by atoms with Crippen molar-refractivity contribution >= 4 is 23.4 Å². The molecule has 0 amide bonds. The van der Waals surface area contributed by atoms with Gasteiger partial charge >= 0.3 is 0 Å². The number of thiol groups is 1. The molecule has 0 aliphatic rings. The Labute approximate surface area is 96.7 Å². The largest absolute Gasteiger partial charge is 0.176 e. The quantitative estimate of drug-likeness (QED) is 0.734. The van der Waals surface area contributed by atoms with Gasteiger partial charge in [0.05, 0.1) is 0 Å². The molecule has 0 fully saturated rings. The van der Waals surface area contributed by atoms with Crippen molar-refractivity contribution in [2.45, 2.75) is 25.0 Å². The lowest BCUT2D eigenvalue weighted by Crippen LogP contribution is -1.94. The van der Waals surface area contributed by atoms with E-state index in [-0.39, 0.29) is 0 Å². The van der Waals surface area contributed by atoms with Crippen LogP contribution in [0.3, 0.4) is 0 Å². The number of hydrogen-bond donors (Lipinski definition) is 1. The summed E-state index contributed by atoms with van der Waals surface area (Å²) in [7, 11) is 0. The fraction of sp³-hybridized carbons (Fsp3) is 0.286. The van der Waals surface area contributed by atoms with Gasteiger partial charge < -0.3 is 0 Å². The SMILES string of the molecule is CC(S)CCc1ccc2ccccc2c1. The van der Waals surface area contributed by atoms with Crippen LogP contribution in [0, 0.1) is 0 Å². The molecule has 0 saturated heterocycles. The second-order valence-electron chi connectivity index (χ2n) is 4.07. The van der Waals surface area contributed by atoms with Crippen LogP contribution in [0.4, 0.5) is 0 Å². The van der Waals surface area contributed by atoms with Gasteiger partial charge in [0.15, 0.2) is 0 Å². The summed E-state index contributed by atoms with van der Waals surface area (Å²) in [5.41, 5.74) is 1.41. The van der Waals surface area contributed by atoms with Crippen LogP contribution in [0.25, 0.3) is 10.8 Å². The van der Waals surface area contributed by atoms with E-state index in [1.54, 1.807) is 0 Å². The van der Waals surface area contributed by atoms with Crippen LogP contribution < -0.4 is 0 Å². The zero-order valence-corrected chi connectivity index (χ0v) is 9.87. The Balaban J connectivity index is 2.23. The van der Waals surface area contributed by atoms with Crippen molar-refractivity contribution < 1.29 is 0 Å². The molecule has 15 heavy (non-hydrogen) atoms. The summed E-state index contributed by atoms with van der Waals surface area (Å²) >= 11 is 4.40. The van der Waals surface area contributed by atoms with E-state index in [1.807, 2.05) is 0 Å². The Morgan fingerprint density at radius 1 is 1.07 bits per heavy atom. The maximum Gasteiger partial charge on any atom is -0.000843 e. The summed E-state index contributed by atoms with van der Waals surface area (Å²) in [6.07, 6.45) is 2.26. The van der Waals surface area contributed by atoms with Crippen LogP contribution in [0.1, 0.15) is 18.9 Å². The first-order valence-electron chi connectivity index (χ1n) is 5.41. The van der Waals surface area contributed by atoms with Crippen LogP contribution >= 0.6 is 12.6 Å². The predicted molar refractivity (Wildman–Crippen MR) is 70.7 cm³/mol. The van der Waals surface area contributed by atoms with Crippen LogP contribution in [-0.2, 0) is 6.42 Å². The third-order valence-corrected chi connectivity index (χ3v) is 2.92. The number of fused-ring (bicyclic) bond motifs is 1. The monoisotopic (exact) mass is 216 g/mol. The van der Waals surface area contributed by atoms with Crippen molar-refractivity contribution in [3.8, 4) is 0 Å². The van der Waals surface area contributed by atoms with Gasteiger partial charge in [-0.1, -0.05) is 49.4 Å². The van der Waals surface area contributed by atoms with E-state index in [0.717, 1.165) is 12.8 Å².